The Hall–Kier alpha value is -0.450. The average molecular weight is 290 g/mol. The summed E-state index contributed by atoms with van der Waals surface area (Å²) in [5.41, 5.74) is 0. The fourth-order valence-electron chi connectivity index (χ4n) is 2.16. The van der Waals surface area contributed by atoms with Gasteiger partial charge in [0.05, 0.1) is 0 Å². The third-order valence-electron chi connectivity index (χ3n) is 3.15. The largest absolute Gasteiger partial charge is 0.488 e. The molecule has 5 heteroatoms. The van der Waals surface area contributed by atoms with Gasteiger partial charge in [-0.15, -0.1) is 0 Å². The van der Waals surface area contributed by atoms with E-state index in [-0.39, 0.29) is 11.1 Å². The van der Waals surface area contributed by atoms with Crippen molar-refractivity contribution < 1.29 is 9.13 Å². The molecule has 1 aromatic carbocycles. The second-order valence-electron chi connectivity index (χ2n) is 4.42. The van der Waals surface area contributed by atoms with Crippen molar-refractivity contribution in [3.63, 3.8) is 0 Å². The van der Waals surface area contributed by atoms with Crippen LogP contribution in [0, 0.1) is 11.7 Å². The van der Waals surface area contributed by atoms with Crippen molar-refractivity contribution in [2.24, 2.45) is 5.92 Å². The summed E-state index contributed by atoms with van der Waals surface area (Å²) in [7, 11) is 0. The number of nitrogens with one attached hydrogen (secondary N) is 1. The first-order valence-electron chi connectivity index (χ1n) is 6.02. The van der Waals surface area contributed by atoms with Crippen LogP contribution in [-0.4, -0.2) is 31.2 Å². The highest BCUT2D eigenvalue weighted by atomic mass is 35.5. The van der Waals surface area contributed by atoms with Gasteiger partial charge < -0.3 is 10.1 Å². The van der Waals surface area contributed by atoms with Gasteiger partial charge in [-0.05, 0) is 31.4 Å². The highest BCUT2D eigenvalue weighted by molar-refractivity contribution is 7.98. The SMILES string of the molecule is CSC[C@@H](Oc1cccc(F)c1Cl)[C@H]1CCNC1. The van der Waals surface area contributed by atoms with Crippen LogP contribution in [0.2, 0.25) is 5.02 Å². The first-order chi connectivity index (χ1) is 8.72. The number of rotatable bonds is 5. The summed E-state index contributed by atoms with van der Waals surface area (Å²) in [5.74, 6) is 1.38. The van der Waals surface area contributed by atoms with Gasteiger partial charge in [-0.3, -0.25) is 0 Å². The van der Waals surface area contributed by atoms with E-state index >= 15 is 0 Å². The lowest BCUT2D eigenvalue weighted by atomic mass is 10.0. The van der Waals surface area contributed by atoms with E-state index in [1.165, 1.54) is 6.07 Å². The predicted molar refractivity (Wildman–Crippen MR) is 75.2 cm³/mol. The summed E-state index contributed by atoms with van der Waals surface area (Å²) >= 11 is 7.66. The van der Waals surface area contributed by atoms with Crippen molar-refractivity contribution >= 4 is 23.4 Å². The van der Waals surface area contributed by atoms with Gasteiger partial charge in [-0.1, -0.05) is 17.7 Å². The van der Waals surface area contributed by atoms with Crippen LogP contribution in [0.15, 0.2) is 18.2 Å². The maximum Gasteiger partial charge on any atom is 0.145 e. The monoisotopic (exact) mass is 289 g/mol. The van der Waals surface area contributed by atoms with Gasteiger partial charge in [0.25, 0.3) is 0 Å². The summed E-state index contributed by atoms with van der Waals surface area (Å²) in [5, 5.41) is 3.40. The smallest absolute Gasteiger partial charge is 0.145 e. The van der Waals surface area contributed by atoms with Crippen LogP contribution in [0.3, 0.4) is 0 Å². The number of hydrogen-bond acceptors (Lipinski definition) is 3. The van der Waals surface area contributed by atoms with Crippen LogP contribution in [0.25, 0.3) is 0 Å². The minimum Gasteiger partial charge on any atom is -0.488 e. The molecule has 0 aliphatic carbocycles. The minimum atomic E-state index is -0.429. The second-order valence-corrected chi connectivity index (χ2v) is 5.71. The standard InChI is InChI=1S/C13H17ClFNOS/c1-18-8-12(9-5-6-16-7-9)17-11-4-2-3-10(15)13(11)14/h2-4,9,12,16H,5-8H2,1H3/t9-,12+/m0/s1. The van der Waals surface area contributed by atoms with E-state index in [9.17, 15) is 4.39 Å². The van der Waals surface area contributed by atoms with E-state index in [1.807, 2.05) is 6.26 Å². The molecule has 0 spiro atoms. The van der Waals surface area contributed by atoms with E-state index in [0.717, 1.165) is 25.3 Å². The Balaban J connectivity index is 2.10. The quantitative estimate of drug-likeness (QED) is 0.899. The molecule has 1 aliphatic rings. The molecule has 0 amide bonds. The fourth-order valence-corrected chi connectivity index (χ4v) is 3.00. The summed E-state index contributed by atoms with van der Waals surface area (Å²) in [6.45, 7) is 1.98. The van der Waals surface area contributed by atoms with Crippen molar-refractivity contribution in [1.82, 2.24) is 5.32 Å². The zero-order valence-electron chi connectivity index (χ0n) is 10.3. The number of halogens is 2. The maximum absolute atomic E-state index is 13.4. The number of benzene rings is 1. The van der Waals surface area contributed by atoms with Gasteiger partial charge in [0.2, 0.25) is 0 Å². The molecule has 0 saturated carbocycles. The van der Waals surface area contributed by atoms with Gasteiger partial charge in [0.1, 0.15) is 22.7 Å². The van der Waals surface area contributed by atoms with Crippen LogP contribution in [0.1, 0.15) is 6.42 Å². The first kappa shape index (κ1) is 14.0. The molecule has 1 saturated heterocycles. The van der Waals surface area contributed by atoms with Crippen molar-refractivity contribution in [2.75, 3.05) is 25.1 Å². The molecule has 1 fully saturated rings. The zero-order valence-corrected chi connectivity index (χ0v) is 11.9. The highest BCUT2D eigenvalue weighted by Gasteiger charge is 2.26. The molecule has 0 aromatic heterocycles. The number of hydrogen-bond donors (Lipinski definition) is 1. The lowest BCUT2D eigenvalue weighted by Gasteiger charge is -2.24. The average Bonchev–Trinajstić information content (AvgIpc) is 2.88. The Morgan fingerprint density at radius 2 is 2.44 bits per heavy atom. The van der Waals surface area contributed by atoms with Crippen LogP contribution >= 0.6 is 23.4 Å². The molecule has 1 aromatic rings. The van der Waals surface area contributed by atoms with E-state index < -0.39 is 5.82 Å². The van der Waals surface area contributed by atoms with E-state index in [2.05, 4.69) is 5.32 Å². The summed E-state index contributed by atoms with van der Waals surface area (Å²) in [4.78, 5) is 0. The van der Waals surface area contributed by atoms with Crippen molar-refractivity contribution in [3.05, 3.63) is 29.0 Å². The Kier molecular flexibility index (Phi) is 5.15. The lowest BCUT2D eigenvalue weighted by Crippen LogP contribution is -2.31. The summed E-state index contributed by atoms with van der Waals surface area (Å²) < 4.78 is 19.3. The lowest BCUT2D eigenvalue weighted by molar-refractivity contribution is 0.165. The molecule has 0 unspecified atom stereocenters. The topological polar surface area (TPSA) is 21.3 Å². The van der Waals surface area contributed by atoms with Gasteiger partial charge in [-0.2, -0.15) is 11.8 Å². The van der Waals surface area contributed by atoms with Gasteiger partial charge >= 0.3 is 0 Å². The van der Waals surface area contributed by atoms with Crippen LogP contribution in [-0.2, 0) is 0 Å². The third-order valence-corrected chi connectivity index (χ3v) is 4.18. The molecular weight excluding hydrogens is 273 g/mol. The van der Waals surface area contributed by atoms with Crippen molar-refractivity contribution in [1.29, 1.82) is 0 Å². The predicted octanol–water partition coefficient (Wildman–Crippen LogP) is 3.20. The Morgan fingerprint density at radius 1 is 1.61 bits per heavy atom. The van der Waals surface area contributed by atoms with Gasteiger partial charge in [0, 0.05) is 18.2 Å². The van der Waals surface area contributed by atoms with Crippen LogP contribution in [0.4, 0.5) is 4.39 Å². The van der Waals surface area contributed by atoms with E-state index in [4.69, 9.17) is 16.3 Å². The minimum absolute atomic E-state index is 0.0781. The Bertz CT molecular complexity index is 399. The summed E-state index contributed by atoms with van der Waals surface area (Å²) in [6.07, 6.45) is 3.22. The fraction of sp³-hybridized carbons (Fsp3) is 0.538. The van der Waals surface area contributed by atoms with E-state index in [0.29, 0.717) is 11.7 Å². The van der Waals surface area contributed by atoms with Crippen molar-refractivity contribution in [3.8, 4) is 5.75 Å². The highest BCUT2D eigenvalue weighted by Crippen LogP contribution is 2.30. The molecule has 18 heavy (non-hydrogen) atoms. The molecule has 1 N–H and O–H groups in total. The number of ether oxygens (including phenoxy) is 1. The number of thioether (sulfide) groups is 1. The normalized spacial score (nSPS) is 20.9. The molecule has 0 radical (unpaired) electrons. The Labute approximate surface area is 116 Å². The second kappa shape index (κ2) is 6.64. The Morgan fingerprint density at radius 3 is 3.11 bits per heavy atom. The molecule has 2 rings (SSSR count). The molecule has 100 valence electrons. The molecule has 2 nitrogen and oxygen atoms in total. The molecular formula is C13H17ClFNOS. The van der Waals surface area contributed by atoms with Crippen LogP contribution < -0.4 is 10.1 Å². The summed E-state index contributed by atoms with van der Waals surface area (Å²) in [6, 6.07) is 4.69. The molecule has 1 heterocycles. The molecule has 1 aliphatic heterocycles. The third kappa shape index (κ3) is 3.31. The van der Waals surface area contributed by atoms with Crippen molar-refractivity contribution in [2.45, 2.75) is 12.5 Å². The maximum atomic E-state index is 13.4. The van der Waals surface area contributed by atoms with E-state index in [1.54, 1.807) is 23.9 Å². The zero-order chi connectivity index (χ0) is 13.0. The van der Waals surface area contributed by atoms with Gasteiger partial charge in [-0.25, -0.2) is 4.39 Å². The van der Waals surface area contributed by atoms with Crippen LogP contribution in [0.5, 0.6) is 5.75 Å². The first-order valence-corrected chi connectivity index (χ1v) is 7.80. The molecule has 2 atom stereocenters. The molecule has 0 bridgehead atoms. The van der Waals surface area contributed by atoms with Gasteiger partial charge in [0.15, 0.2) is 0 Å².